The van der Waals surface area contributed by atoms with E-state index in [9.17, 15) is 4.79 Å². The van der Waals surface area contributed by atoms with Gasteiger partial charge in [0, 0.05) is 10.0 Å². The number of rotatable bonds is 4. The molecule has 0 aliphatic carbocycles. The third kappa shape index (κ3) is 3.94. The second kappa shape index (κ2) is 6.89. The van der Waals surface area contributed by atoms with Crippen LogP contribution in [-0.2, 0) is 11.3 Å². The van der Waals surface area contributed by atoms with Crippen LogP contribution in [0.3, 0.4) is 0 Å². The smallest absolute Gasteiger partial charge is 0.248 e. The quantitative estimate of drug-likeness (QED) is 0.738. The van der Waals surface area contributed by atoms with E-state index in [2.05, 4.69) is 36.7 Å². The molecule has 0 bridgehead atoms. The molecule has 0 aliphatic rings. The van der Waals surface area contributed by atoms with Crippen LogP contribution in [0.15, 0.2) is 53.0 Å². The Morgan fingerprint density at radius 2 is 2.00 bits per heavy atom. The Morgan fingerprint density at radius 1 is 1.22 bits per heavy atom. The summed E-state index contributed by atoms with van der Waals surface area (Å²) in [5.41, 5.74) is 1.37. The molecular formula is C15H11BrClN5O. The Bertz CT molecular complexity index is 837. The molecule has 116 valence electrons. The highest BCUT2D eigenvalue weighted by Crippen LogP contribution is 2.25. The summed E-state index contributed by atoms with van der Waals surface area (Å²) >= 11 is 9.38. The Hall–Kier alpha value is -2.25. The lowest BCUT2D eigenvalue weighted by Gasteiger charge is -2.06. The topological polar surface area (TPSA) is 72.7 Å². The van der Waals surface area contributed by atoms with Gasteiger partial charge in [-0.3, -0.25) is 4.79 Å². The van der Waals surface area contributed by atoms with Gasteiger partial charge in [-0.2, -0.15) is 4.80 Å². The number of amides is 1. The number of anilines is 1. The second-order valence-electron chi connectivity index (χ2n) is 4.68. The highest BCUT2D eigenvalue weighted by Gasteiger charge is 2.10. The average molecular weight is 393 g/mol. The number of nitrogens with zero attached hydrogens (tertiary/aromatic N) is 4. The van der Waals surface area contributed by atoms with Crippen LogP contribution in [0.4, 0.5) is 5.69 Å². The molecule has 0 fully saturated rings. The molecule has 0 unspecified atom stereocenters. The SMILES string of the molecule is O=C(Cn1nnc(-c2ccccc2)n1)Nc1ccc(Br)cc1Cl. The van der Waals surface area contributed by atoms with E-state index in [0.29, 0.717) is 16.5 Å². The minimum absolute atomic E-state index is 0.0494. The number of nitrogens with one attached hydrogen (secondary N) is 1. The van der Waals surface area contributed by atoms with E-state index in [4.69, 9.17) is 11.6 Å². The molecule has 2 aromatic carbocycles. The molecule has 0 saturated carbocycles. The minimum Gasteiger partial charge on any atom is -0.323 e. The van der Waals surface area contributed by atoms with Crippen LogP contribution in [0.1, 0.15) is 0 Å². The number of tetrazole rings is 1. The first-order valence-corrected chi connectivity index (χ1v) is 7.87. The average Bonchev–Trinajstić information content (AvgIpc) is 2.99. The molecule has 6 nitrogen and oxygen atoms in total. The van der Waals surface area contributed by atoms with Crippen LogP contribution in [0, 0.1) is 0 Å². The third-order valence-corrected chi connectivity index (χ3v) is 3.78. The molecular weight excluding hydrogens is 382 g/mol. The van der Waals surface area contributed by atoms with Gasteiger partial charge in [0.25, 0.3) is 0 Å². The highest BCUT2D eigenvalue weighted by atomic mass is 79.9. The summed E-state index contributed by atoms with van der Waals surface area (Å²) in [4.78, 5) is 13.3. The number of hydrogen-bond donors (Lipinski definition) is 1. The summed E-state index contributed by atoms with van der Waals surface area (Å²) in [6, 6.07) is 14.7. The van der Waals surface area contributed by atoms with E-state index in [1.165, 1.54) is 4.80 Å². The maximum atomic E-state index is 12.1. The Balaban J connectivity index is 1.68. The van der Waals surface area contributed by atoms with Gasteiger partial charge in [0.1, 0.15) is 6.54 Å². The van der Waals surface area contributed by atoms with Crippen LogP contribution in [-0.4, -0.2) is 26.1 Å². The van der Waals surface area contributed by atoms with Crippen molar-refractivity contribution in [3.05, 3.63) is 58.0 Å². The zero-order valence-corrected chi connectivity index (χ0v) is 14.1. The lowest BCUT2D eigenvalue weighted by molar-refractivity contribution is -0.117. The Morgan fingerprint density at radius 3 is 2.74 bits per heavy atom. The third-order valence-electron chi connectivity index (χ3n) is 2.98. The van der Waals surface area contributed by atoms with Gasteiger partial charge in [-0.15, -0.1) is 10.2 Å². The zero-order valence-electron chi connectivity index (χ0n) is 11.8. The molecule has 3 rings (SSSR count). The van der Waals surface area contributed by atoms with Crippen LogP contribution in [0.2, 0.25) is 5.02 Å². The number of benzene rings is 2. The van der Waals surface area contributed by atoms with Gasteiger partial charge < -0.3 is 5.32 Å². The molecule has 1 amide bonds. The summed E-state index contributed by atoms with van der Waals surface area (Å²) in [6.07, 6.45) is 0. The van der Waals surface area contributed by atoms with E-state index in [0.717, 1.165) is 10.0 Å². The van der Waals surface area contributed by atoms with Crippen molar-refractivity contribution in [1.29, 1.82) is 0 Å². The molecule has 0 aliphatic heterocycles. The first-order valence-electron chi connectivity index (χ1n) is 6.70. The summed E-state index contributed by atoms with van der Waals surface area (Å²) in [7, 11) is 0. The number of halogens is 2. The Kier molecular flexibility index (Phi) is 4.68. The van der Waals surface area contributed by atoms with Gasteiger partial charge in [-0.1, -0.05) is 57.9 Å². The maximum absolute atomic E-state index is 12.1. The zero-order chi connectivity index (χ0) is 16.2. The summed E-state index contributed by atoms with van der Waals surface area (Å²) in [5.74, 6) is 0.186. The van der Waals surface area contributed by atoms with Gasteiger partial charge in [0.2, 0.25) is 11.7 Å². The van der Waals surface area contributed by atoms with Gasteiger partial charge in [-0.25, -0.2) is 0 Å². The first-order chi connectivity index (χ1) is 11.1. The normalized spacial score (nSPS) is 10.5. The molecule has 0 saturated heterocycles. The second-order valence-corrected chi connectivity index (χ2v) is 6.00. The fourth-order valence-electron chi connectivity index (χ4n) is 1.92. The van der Waals surface area contributed by atoms with Crippen molar-refractivity contribution in [3.63, 3.8) is 0 Å². The van der Waals surface area contributed by atoms with Gasteiger partial charge in [-0.05, 0) is 23.4 Å². The van der Waals surface area contributed by atoms with Crippen molar-refractivity contribution in [3.8, 4) is 11.4 Å². The lowest BCUT2D eigenvalue weighted by Crippen LogP contribution is -2.20. The number of carbonyl (C=O) groups is 1. The van der Waals surface area contributed by atoms with E-state index >= 15 is 0 Å². The summed E-state index contributed by atoms with van der Waals surface area (Å²) < 4.78 is 0.839. The van der Waals surface area contributed by atoms with Crippen molar-refractivity contribution in [2.75, 3.05) is 5.32 Å². The van der Waals surface area contributed by atoms with E-state index in [1.807, 2.05) is 30.3 Å². The first kappa shape index (κ1) is 15.6. The standard InChI is InChI=1S/C15H11BrClN5O/c16-11-6-7-13(12(17)8-11)18-14(23)9-22-20-15(19-21-22)10-4-2-1-3-5-10/h1-8H,9H2,(H,18,23). The number of hydrogen-bond acceptors (Lipinski definition) is 4. The van der Waals surface area contributed by atoms with Crippen molar-refractivity contribution in [2.24, 2.45) is 0 Å². The minimum atomic E-state index is -0.286. The number of aromatic nitrogens is 4. The molecule has 1 heterocycles. The molecule has 0 radical (unpaired) electrons. The molecule has 0 spiro atoms. The van der Waals surface area contributed by atoms with Crippen LogP contribution < -0.4 is 5.32 Å². The predicted molar refractivity (Wildman–Crippen MR) is 91.0 cm³/mol. The van der Waals surface area contributed by atoms with E-state index < -0.39 is 0 Å². The summed E-state index contributed by atoms with van der Waals surface area (Å²) in [6.45, 7) is -0.0494. The molecule has 0 atom stereocenters. The largest absolute Gasteiger partial charge is 0.323 e. The number of carbonyl (C=O) groups excluding carboxylic acids is 1. The van der Waals surface area contributed by atoms with Crippen molar-refractivity contribution in [1.82, 2.24) is 20.2 Å². The van der Waals surface area contributed by atoms with E-state index in [1.54, 1.807) is 18.2 Å². The maximum Gasteiger partial charge on any atom is 0.248 e. The molecule has 23 heavy (non-hydrogen) atoms. The fourth-order valence-corrected chi connectivity index (χ4v) is 2.64. The molecule has 1 aromatic heterocycles. The molecule has 1 N–H and O–H groups in total. The van der Waals surface area contributed by atoms with Crippen LogP contribution in [0.5, 0.6) is 0 Å². The highest BCUT2D eigenvalue weighted by molar-refractivity contribution is 9.10. The van der Waals surface area contributed by atoms with Gasteiger partial charge in [0.05, 0.1) is 10.7 Å². The van der Waals surface area contributed by atoms with Gasteiger partial charge >= 0.3 is 0 Å². The van der Waals surface area contributed by atoms with Gasteiger partial charge in [0.15, 0.2) is 0 Å². The lowest BCUT2D eigenvalue weighted by atomic mass is 10.2. The van der Waals surface area contributed by atoms with Crippen molar-refractivity contribution in [2.45, 2.75) is 6.54 Å². The van der Waals surface area contributed by atoms with Crippen LogP contribution >= 0.6 is 27.5 Å². The molecule has 3 aromatic rings. The van der Waals surface area contributed by atoms with Crippen LogP contribution in [0.25, 0.3) is 11.4 Å². The van der Waals surface area contributed by atoms with E-state index in [-0.39, 0.29) is 12.5 Å². The van der Waals surface area contributed by atoms with Crippen molar-refractivity contribution >= 4 is 39.1 Å². The monoisotopic (exact) mass is 391 g/mol. The van der Waals surface area contributed by atoms with Crippen molar-refractivity contribution < 1.29 is 4.79 Å². The Labute approximate surface area is 145 Å². The molecule has 8 heteroatoms. The predicted octanol–water partition coefficient (Wildman–Crippen LogP) is 3.39. The summed E-state index contributed by atoms with van der Waals surface area (Å²) in [5, 5.41) is 15.2. The fraction of sp³-hybridized carbons (Fsp3) is 0.0667.